The van der Waals surface area contributed by atoms with Crippen LogP contribution in [-0.2, 0) is 0 Å². The maximum atomic E-state index is 12.8. The first kappa shape index (κ1) is 17.7. The summed E-state index contributed by atoms with van der Waals surface area (Å²) in [6, 6.07) is 18.8. The summed E-state index contributed by atoms with van der Waals surface area (Å²) >= 11 is 0. The minimum atomic E-state index is -0.269. The first-order valence-electron chi connectivity index (χ1n) is 9.21. The van der Waals surface area contributed by atoms with Crippen LogP contribution in [0.15, 0.2) is 54.6 Å². The molecule has 0 spiro atoms. The first-order chi connectivity index (χ1) is 13.6. The standard InChI is InChI=1S/C22H19N5O/c1-3-14(2)27-20(26-22(28)15-9-5-4-6-10-15)16(13-23)19-21(27)25-18-12-8-7-11-17(18)24-19/h4-12,14H,3H2,1-2H3,(H,26,28)/t14-/m0/s1. The number of hydrogen-bond donors (Lipinski definition) is 1. The van der Waals surface area contributed by atoms with Crippen molar-refractivity contribution in [3.8, 4) is 6.07 Å². The van der Waals surface area contributed by atoms with Gasteiger partial charge >= 0.3 is 0 Å². The van der Waals surface area contributed by atoms with Crippen molar-refractivity contribution in [2.24, 2.45) is 0 Å². The van der Waals surface area contributed by atoms with Gasteiger partial charge in [-0.15, -0.1) is 0 Å². The number of carbonyl (C=O) groups excluding carboxylic acids is 1. The molecule has 0 fully saturated rings. The van der Waals surface area contributed by atoms with Crippen molar-refractivity contribution in [1.29, 1.82) is 5.26 Å². The molecule has 4 rings (SSSR count). The SMILES string of the molecule is CC[C@H](C)n1c(NC(=O)c2ccccc2)c(C#N)c2nc3ccccc3nc21. The second kappa shape index (κ2) is 7.12. The normalized spacial score (nSPS) is 12.0. The number of carbonyl (C=O) groups is 1. The van der Waals surface area contributed by atoms with Crippen molar-refractivity contribution in [2.45, 2.75) is 26.3 Å². The number of rotatable bonds is 4. The molecule has 6 heteroatoms. The van der Waals surface area contributed by atoms with Crippen LogP contribution in [0.4, 0.5) is 5.82 Å². The van der Waals surface area contributed by atoms with E-state index < -0.39 is 0 Å². The van der Waals surface area contributed by atoms with E-state index in [2.05, 4.69) is 23.3 Å². The molecule has 138 valence electrons. The van der Waals surface area contributed by atoms with Gasteiger partial charge < -0.3 is 9.88 Å². The molecule has 0 saturated heterocycles. The zero-order chi connectivity index (χ0) is 19.7. The van der Waals surface area contributed by atoms with E-state index in [-0.39, 0.29) is 11.9 Å². The zero-order valence-electron chi connectivity index (χ0n) is 15.7. The lowest BCUT2D eigenvalue weighted by atomic mass is 10.2. The summed E-state index contributed by atoms with van der Waals surface area (Å²) in [6.45, 7) is 4.09. The average molecular weight is 369 g/mol. The Hall–Kier alpha value is -3.72. The largest absolute Gasteiger partial charge is 0.307 e. The fraction of sp³-hybridized carbons (Fsp3) is 0.182. The molecule has 0 bridgehead atoms. The third-order valence-corrected chi connectivity index (χ3v) is 4.91. The molecular formula is C22H19N5O. The number of benzene rings is 2. The zero-order valence-corrected chi connectivity index (χ0v) is 15.7. The van der Waals surface area contributed by atoms with Gasteiger partial charge in [0.25, 0.3) is 5.91 Å². The van der Waals surface area contributed by atoms with E-state index in [1.165, 1.54) is 0 Å². The lowest BCUT2D eigenvalue weighted by Crippen LogP contribution is -2.17. The molecule has 2 aromatic heterocycles. The summed E-state index contributed by atoms with van der Waals surface area (Å²) in [5.41, 5.74) is 3.44. The van der Waals surface area contributed by atoms with E-state index in [1.807, 2.05) is 41.8 Å². The summed E-state index contributed by atoms with van der Waals surface area (Å²) in [7, 11) is 0. The minimum Gasteiger partial charge on any atom is -0.307 e. The Morgan fingerprint density at radius 3 is 2.39 bits per heavy atom. The Bertz CT molecular complexity index is 1220. The van der Waals surface area contributed by atoms with Crippen LogP contribution in [0.2, 0.25) is 0 Å². The number of amides is 1. The second-order valence-electron chi connectivity index (χ2n) is 6.67. The maximum Gasteiger partial charge on any atom is 0.256 e. The number of aromatic nitrogens is 3. The van der Waals surface area contributed by atoms with Crippen LogP contribution in [0.3, 0.4) is 0 Å². The van der Waals surface area contributed by atoms with Crippen LogP contribution in [0.1, 0.15) is 42.2 Å². The Labute approximate surface area is 162 Å². The predicted molar refractivity (Wildman–Crippen MR) is 109 cm³/mol. The summed E-state index contributed by atoms with van der Waals surface area (Å²) in [4.78, 5) is 22.2. The minimum absolute atomic E-state index is 0.0335. The molecule has 6 nitrogen and oxygen atoms in total. The summed E-state index contributed by atoms with van der Waals surface area (Å²) < 4.78 is 1.91. The molecular weight excluding hydrogens is 350 g/mol. The van der Waals surface area contributed by atoms with Crippen LogP contribution < -0.4 is 5.32 Å². The van der Waals surface area contributed by atoms with Crippen LogP contribution in [0, 0.1) is 11.3 Å². The number of hydrogen-bond acceptors (Lipinski definition) is 4. The molecule has 0 aliphatic carbocycles. The highest BCUT2D eigenvalue weighted by Gasteiger charge is 2.24. The van der Waals surface area contributed by atoms with Gasteiger partial charge in [-0.3, -0.25) is 4.79 Å². The highest BCUT2D eigenvalue weighted by Crippen LogP contribution is 2.33. The van der Waals surface area contributed by atoms with E-state index >= 15 is 0 Å². The van der Waals surface area contributed by atoms with Gasteiger partial charge in [0.05, 0.1) is 11.0 Å². The van der Waals surface area contributed by atoms with Crippen LogP contribution in [-0.4, -0.2) is 20.4 Å². The van der Waals surface area contributed by atoms with Gasteiger partial charge in [0.1, 0.15) is 23.0 Å². The van der Waals surface area contributed by atoms with Gasteiger partial charge in [0.2, 0.25) is 0 Å². The van der Waals surface area contributed by atoms with Gasteiger partial charge in [-0.2, -0.15) is 5.26 Å². The number of para-hydroxylation sites is 2. The Kier molecular flexibility index (Phi) is 4.50. The van der Waals surface area contributed by atoms with Gasteiger partial charge in [-0.25, -0.2) is 9.97 Å². The number of anilines is 1. The Morgan fingerprint density at radius 2 is 1.75 bits per heavy atom. The molecule has 0 aliphatic heterocycles. The lowest BCUT2D eigenvalue weighted by Gasteiger charge is -2.17. The average Bonchev–Trinajstić information content (AvgIpc) is 3.03. The quantitative estimate of drug-likeness (QED) is 0.566. The fourth-order valence-electron chi connectivity index (χ4n) is 3.27. The molecule has 1 amide bonds. The molecule has 1 N–H and O–H groups in total. The van der Waals surface area contributed by atoms with Crippen molar-refractivity contribution >= 4 is 33.9 Å². The summed E-state index contributed by atoms with van der Waals surface area (Å²) in [5, 5.41) is 12.8. The number of nitriles is 1. The van der Waals surface area contributed by atoms with E-state index in [0.29, 0.717) is 33.6 Å². The van der Waals surface area contributed by atoms with Crippen LogP contribution >= 0.6 is 0 Å². The predicted octanol–water partition coefficient (Wildman–Crippen LogP) is 4.68. The van der Waals surface area contributed by atoms with Gasteiger partial charge in [0, 0.05) is 11.6 Å². The Balaban J connectivity index is 1.96. The monoisotopic (exact) mass is 369 g/mol. The smallest absolute Gasteiger partial charge is 0.256 e. The van der Waals surface area contributed by atoms with Crippen LogP contribution in [0.25, 0.3) is 22.2 Å². The molecule has 0 unspecified atom stereocenters. The molecule has 0 radical (unpaired) electrons. The molecule has 0 saturated carbocycles. The van der Waals surface area contributed by atoms with Crippen molar-refractivity contribution in [3.05, 3.63) is 65.7 Å². The van der Waals surface area contributed by atoms with Crippen molar-refractivity contribution in [2.75, 3.05) is 5.32 Å². The second-order valence-corrected chi connectivity index (χ2v) is 6.67. The van der Waals surface area contributed by atoms with E-state index in [0.717, 1.165) is 11.9 Å². The highest BCUT2D eigenvalue weighted by molar-refractivity contribution is 6.06. The molecule has 2 aromatic carbocycles. The number of nitrogens with zero attached hydrogens (tertiary/aromatic N) is 4. The van der Waals surface area contributed by atoms with E-state index in [4.69, 9.17) is 4.98 Å². The summed E-state index contributed by atoms with van der Waals surface area (Å²) in [5.74, 6) is 0.171. The van der Waals surface area contributed by atoms with Crippen molar-refractivity contribution in [1.82, 2.24) is 14.5 Å². The third-order valence-electron chi connectivity index (χ3n) is 4.91. The first-order valence-corrected chi connectivity index (χ1v) is 9.21. The molecule has 2 heterocycles. The van der Waals surface area contributed by atoms with Crippen molar-refractivity contribution < 1.29 is 4.79 Å². The number of nitrogens with one attached hydrogen (secondary N) is 1. The third kappa shape index (κ3) is 2.87. The summed E-state index contributed by atoms with van der Waals surface area (Å²) in [6.07, 6.45) is 0.817. The van der Waals surface area contributed by atoms with E-state index in [1.54, 1.807) is 24.3 Å². The van der Waals surface area contributed by atoms with Gasteiger partial charge in [-0.05, 0) is 37.6 Å². The molecule has 0 aliphatic rings. The molecule has 28 heavy (non-hydrogen) atoms. The molecule has 4 aromatic rings. The fourth-order valence-corrected chi connectivity index (χ4v) is 3.27. The molecule has 1 atom stereocenters. The van der Waals surface area contributed by atoms with Crippen molar-refractivity contribution in [3.63, 3.8) is 0 Å². The van der Waals surface area contributed by atoms with Gasteiger partial charge in [0.15, 0.2) is 5.65 Å². The topological polar surface area (TPSA) is 83.6 Å². The highest BCUT2D eigenvalue weighted by atomic mass is 16.1. The van der Waals surface area contributed by atoms with Crippen LogP contribution in [0.5, 0.6) is 0 Å². The van der Waals surface area contributed by atoms with E-state index in [9.17, 15) is 10.1 Å². The van der Waals surface area contributed by atoms with Gasteiger partial charge in [-0.1, -0.05) is 37.3 Å². The Morgan fingerprint density at radius 1 is 1.11 bits per heavy atom. The number of fused-ring (bicyclic) bond motifs is 2. The lowest BCUT2D eigenvalue weighted by molar-refractivity contribution is 0.102. The maximum absolute atomic E-state index is 12.8.